The monoisotopic (exact) mass is 540 g/mol. The predicted molar refractivity (Wildman–Crippen MR) is 148 cm³/mol. The number of aliphatic hydroxyl groups is 1. The zero-order valence-corrected chi connectivity index (χ0v) is 22.7. The van der Waals surface area contributed by atoms with E-state index in [0.717, 1.165) is 38.0 Å². The molecule has 38 heavy (non-hydrogen) atoms. The van der Waals surface area contributed by atoms with Crippen molar-refractivity contribution >= 4 is 29.9 Å². The van der Waals surface area contributed by atoms with E-state index >= 15 is 0 Å². The molecular formula is C29H37ClN4O4. The lowest BCUT2D eigenvalue weighted by Crippen LogP contribution is -2.50. The van der Waals surface area contributed by atoms with Crippen molar-refractivity contribution in [3.63, 3.8) is 0 Å². The maximum absolute atomic E-state index is 13.7. The van der Waals surface area contributed by atoms with Crippen LogP contribution in [-0.4, -0.2) is 90.3 Å². The number of anilines is 1. The molecule has 9 heteroatoms. The first-order valence-corrected chi connectivity index (χ1v) is 13.6. The van der Waals surface area contributed by atoms with Crippen LogP contribution >= 0.6 is 12.4 Å². The smallest absolute Gasteiger partial charge is 0.256 e. The molecular weight excluding hydrogens is 504 g/mol. The second-order valence-corrected chi connectivity index (χ2v) is 10.7. The Balaban J connectivity index is 0.00000294. The van der Waals surface area contributed by atoms with Crippen molar-refractivity contribution in [3.05, 3.63) is 64.7 Å². The molecule has 0 aliphatic carbocycles. The average Bonchev–Trinajstić information content (AvgIpc) is 3.10. The lowest BCUT2D eigenvalue weighted by atomic mass is 9.92. The van der Waals surface area contributed by atoms with Crippen LogP contribution in [0.3, 0.4) is 0 Å². The summed E-state index contributed by atoms with van der Waals surface area (Å²) in [6, 6.07) is 14.0. The number of benzene rings is 2. The number of nitrogens with zero attached hydrogens (tertiary/aromatic N) is 3. The Kier molecular flexibility index (Phi) is 7.95. The first-order valence-electron chi connectivity index (χ1n) is 13.6. The molecule has 4 atom stereocenters. The molecule has 204 valence electrons. The van der Waals surface area contributed by atoms with Gasteiger partial charge in [0.15, 0.2) is 0 Å². The Labute approximate surface area is 230 Å². The number of amides is 2. The maximum Gasteiger partial charge on any atom is 0.256 e. The van der Waals surface area contributed by atoms with Gasteiger partial charge in [-0.1, -0.05) is 24.3 Å². The van der Waals surface area contributed by atoms with Crippen LogP contribution < -0.4 is 10.2 Å². The fourth-order valence-corrected chi connectivity index (χ4v) is 6.46. The van der Waals surface area contributed by atoms with Crippen LogP contribution in [0.4, 0.5) is 5.69 Å². The summed E-state index contributed by atoms with van der Waals surface area (Å²) in [5, 5.41) is 14.6. The highest BCUT2D eigenvalue weighted by Gasteiger charge is 2.41. The van der Waals surface area contributed by atoms with Crippen LogP contribution in [-0.2, 0) is 17.7 Å². The quantitative estimate of drug-likeness (QED) is 0.606. The third-order valence-electron chi connectivity index (χ3n) is 8.58. The molecule has 4 heterocycles. The third kappa shape index (κ3) is 4.91. The number of hydrogen-bond donors (Lipinski definition) is 2. The average molecular weight is 541 g/mol. The van der Waals surface area contributed by atoms with E-state index in [-0.39, 0.29) is 48.9 Å². The van der Waals surface area contributed by atoms with Crippen molar-refractivity contribution < 1.29 is 19.4 Å². The van der Waals surface area contributed by atoms with E-state index in [9.17, 15) is 14.7 Å². The highest BCUT2D eigenvalue weighted by molar-refractivity contribution is 6.03. The minimum Gasteiger partial charge on any atom is -0.390 e. The minimum atomic E-state index is -0.674. The maximum atomic E-state index is 13.7. The van der Waals surface area contributed by atoms with Gasteiger partial charge >= 0.3 is 0 Å². The molecule has 2 aromatic rings. The molecule has 0 aromatic heterocycles. The third-order valence-corrected chi connectivity index (χ3v) is 8.58. The zero-order valence-electron chi connectivity index (χ0n) is 21.8. The molecule has 2 saturated heterocycles. The molecule has 0 radical (unpaired) electrons. The lowest BCUT2D eigenvalue weighted by Gasteiger charge is -2.35. The SMILES string of the molecule is CCN1CCN(C[C@@H](O)[C@@H]2Cc3ccccc3CN2)C(=O)c2ccc(C(=O)N3C4CCC3COC4)cc21.Cl. The number of carbonyl (C=O) groups excluding carboxylic acids is 2. The standard InChI is InChI=1S/C29H36N4O4.ClH/c1-2-31-11-12-32(16-27(34)25-13-19-5-3-4-6-21(19)15-30-25)29(36)24-10-7-20(14-26(24)31)28(35)33-22-8-9-23(33)18-37-17-22;/h3-7,10,14,22-23,25,27,30,34H,2,8-9,11-13,15-18H2,1H3;1H/t22?,23?,25-,27+;/m0./s1. The van der Waals surface area contributed by atoms with Crippen molar-refractivity contribution in [1.82, 2.24) is 15.1 Å². The van der Waals surface area contributed by atoms with Gasteiger partial charge < -0.3 is 29.9 Å². The van der Waals surface area contributed by atoms with Crippen LogP contribution in [0.15, 0.2) is 42.5 Å². The molecule has 6 rings (SSSR count). The van der Waals surface area contributed by atoms with E-state index in [1.807, 2.05) is 23.1 Å². The number of rotatable bonds is 5. The Bertz CT molecular complexity index is 1180. The Morgan fingerprint density at radius 3 is 2.53 bits per heavy atom. The molecule has 2 aromatic carbocycles. The van der Waals surface area contributed by atoms with Crippen molar-refractivity contribution in [3.8, 4) is 0 Å². The second kappa shape index (κ2) is 11.2. The Morgan fingerprint density at radius 2 is 1.79 bits per heavy atom. The normalized spacial score (nSPS) is 25.3. The number of hydrogen-bond acceptors (Lipinski definition) is 6. The van der Waals surface area contributed by atoms with E-state index in [1.54, 1.807) is 17.0 Å². The first-order chi connectivity index (χ1) is 18.0. The Morgan fingerprint density at radius 1 is 1.08 bits per heavy atom. The number of fused-ring (bicyclic) bond motifs is 4. The molecule has 2 fully saturated rings. The fourth-order valence-electron chi connectivity index (χ4n) is 6.46. The van der Waals surface area contributed by atoms with Crippen LogP contribution in [0.1, 0.15) is 51.6 Å². The number of β-amino-alcohol motifs (C(OH)–C–C–N with tert-alkyl or cyclic N) is 1. The van der Waals surface area contributed by atoms with Gasteiger partial charge in [-0.25, -0.2) is 0 Å². The highest BCUT2D eigenvalue weighted by atomic mass is 35.5. The second-order valence-electron chi connectivity index (χ2n) is 10.7. The van der Waals surface area contributed by atoms with Gasteiger partial charge in [-0.3, -0.25) is 9.59 Å². The summed E-state index contributed by atoms with van der Waals surface area (Å²) in [5.74, 6) is -0.0612. The molecule has 4 aliphatic heterocycles. The highest BCUT2D eigenvalue weighted by Crippen LogP contribution is 2.33. The molecule has 4 aliphatic rings. The van der Waals surface area contributed by atoms with Crippen LogP contribution in [0.5, 0.6) is 0 Å². The van der Waals surface area contributed by atoms with Gasteiger partial charge in [0.05, 0.1) is 42.7 Å². The zero-order chi connectivity index (χ0) is 25.5. The summed E-state index contributed by atoms with van der Waals surface area (Å²) in [4.78, 5) is 33.1. The molecule has 0 spiro atoms. The lowest BCUT2D eigenvalue weighted by molar-refractivity contribution is -0.00715. The molecule has 8 nitrogen and oxygen atoms in total. The first kappa shape index (κ1) is 26.9. The van der Waals surface area contributed by atoms with Crippen molar-refractivity contribution in [2.75, 3.05) is 44.3 Å². The molecule has 2 bridgehead atoms. The number of ether oxygens (including phenoxy) is 1. The summed E-state index contributed by atoms with van der Waals surface area (Å²) >= 11 is 0. The number of morpholine rings is 1. The van der Waals surface area contributed by atoms with E-state index in [1.165, 1.54) is 11.1 Å². The number of nitrogens with one attached hydrogen (secondary N) is 1. The van der Waals surface area contributed by atoms with Gasteiger partial charge in [-0.2, -0.15) is 0 Å². The molecule has 0 saturated carbocycles. The van der Waals surface area contributed by atoms with Crippen LogP contribution in [0.2, 0.25) is 0 Å². The Hall–Kier alpha value is -2.65. The van der Waals surface area contributed by atoms with Crippen LogP contribution in [0.25, 0.3) is 0 Å². The van der Waals surface area contributed by atoms with Gasteiger partial charge in [0, 0.05) is 44.3 Å². The summed E-state index contributed by atoms with van der Waals surface area (Å²) in [6.07, 6.45) is 2.04. The van der Waals surface area contributed by atoms with E-state index < -0.39 is 6.10 Å². The number of aliphatic hydroxyl groups excluding tert-OH is 1. The van der Waals surface area contributed by atoms with E-state index in [2.05, 4.69) is 29.3 Å². The summed E-state index contributed by atoms with van der Waals surface area (Å²) in [7, 11) is 0. The minimum absolute atomic E-state index is 0. The largest absolute Gasteiger partial charge is 0.390 e. The number of carbonyl (C=O) groups is 2. The topological polar surface area (TPSA) is 85.3 Å². The van der Waals surface area contributed by atoms with Gasteiger partial charge in [-0.15, -0.1) is 12.4 Å². The van der Waals surface area contributed by atoms with Gasteiger partial charge in [0.25, 0.3) is 11.8 Å². The predicted octanol–water partition coefficient (Wildman–Crippen LogP) is 2.47. The van der Waals surface area contributed by atoms with E-state index in [0.29, 0.717) is 37.4 Å². The summed E-state index contributed by atoms with van der Waals surface area (Å²) in [5.41, 5.74) is 4.54. The molecule has 2 unspecified atom stereocenters. The van der Waals surface area contributed by atoms with E-state index in [4.69, 9.17) is 4.74 Å². The molecule has 2 N–H and O–H groups in total. The molecule has 2 amide bonds. The van der Waals surface area contributed by atoms with Crippen LogP contribution in [0, 0.1) is 0 Å². The van der Waals surface area contributed by atoms with Crippen molar-refractivity contribution in [1.29, 1.82) is 0 Å². The van der Waals surface area contributed by atoms with Crippen molar-refractivity contribution in [2.24, 2.45) is 0 Å². The van der Waals surface area contributed by atoms with Gasteiger partial charge in [0.1, 0.15) is 0 Å². The number of halogens is 1. The van der Waals surface area contributed by atoms with Gasteiger partial charge in [0.2, 0.25) is 0 Å². The summed E-state index contributed by atoms with van der Waals surface area (Å²) in [6.45, 7) is 6.18. The fraction of sp³-hybridized carbons (Fsp3) is 0.517. The number of likely N-dealkylation sites (N-methyl/N-ethyl adjacent to an activating group) is 1. The van der Waals surface area contributed by atoms with Gasteiger partial charge in [-0.05, 0) is 55.5 Å². The van der Waals surface area contributed by atoms with Crippen molar-refractivity contribution in [2.45, 2.75) is 57.0 Å². The summed E-state index contributed by atoms with van der Waals surface area (Å²) < 4.78 is 5.66.